The van der Waals surface area contributed by atoms with Crippen LogP contribution in [0.5, 0.6) is 0 Å². The number of carbonyl (C=O) groups excluding carboxylic acids is 1. The number of ether oxygens (including phenoxy) is 1. The Morgan fingerprint density at radius 1 is 1.14 bits per heavy atom. The minimum absolute atomic E-state index is 0.411. The summed E-state index contributed by atoms with van der Waals surface area (Å²) >= 11 is 0. The average Bonchev–Trinajstić information content (AvgIpc) is 3.15. The lowest BCUT2D eigenvalue weighted by molar-refractivity contribution is 0.0501. The molecular formula is C21H25N5O2. The average molecular weight is 379 g/mol. The van der Waals surface area contributed by atoms with Crippen LogP contribution in [0.4, 0.5) is 4.79 Å². The van der Waals surface area contributed by atoms with Gasteiger partial charge in [0.15, 0.2) is 5.82 Å². The standard InChI is InChI=1S/C21H25N5O2/c1-14-6-5-7-17(12-14)16-10-8-15(9-11-16)13-18(19-23-25-26-24-19)22-20(27)28-21(2,3)4/h5-12,18H,13H2,1-4H3,(H,22,27)(H,23,24,25,26). The van der Waals surface area contributed by atoms with Gasteiger partial charge in [-0.2, -0.15) is 5.21 Å². The van der Waals surface area contributed by atoms with Gasteiger partial charge in [0, 0.05) is 6.42 Å². The Balaban J connectivity index is 1.74. The summed E-state index contributed by atoms with van der Waals surface area (Å²) in [6.07, 6.45) is 0.00560. The van der Waals surface area contributed by atoms with E-state index in [4.69, 9.17) is 4.74 Å². The van der Waals surface area contributed by atoms with Gasteiger partial charge in [-0.1, -0.05) is 59.3 Å². The quantitative estimate of drug-likeness (QED) is 0.699. The summed E-state index contributed by atoms with van der Waals surface area (Å²) in [4.78, 5) is 12.2. The van der Waals surface area contributed by atoms with E-state index in [2.05, 4.69) is 69.3 Å². The number of aryl methyl sites for hydroxylation is 1. The fourth-order valence-corrected chi connectivity index (χ4v) is 2.87. The Bertz CT molecular complexity index is 915. The largest absolute Gasteiger partial charge is 0.444 e. The number of nitrogens with zero attached hydrogens (tertiary/aromatic N) is 3. The molecule has 0 aliphatic carbocycles. The molecule has 28 heavy (non-hydrogen) atoms. The van der Waals surface area contributed by atoms with Crippen LogP contribution in [0, 0.1) is 6.92 Å². The first-order valence-corrected chi connectivity index (χ1v) is 9.19. The second-order valence-corrected chi connectivity index (χ2v) is 7.74. The van der Waals surface area contributed by atoms with Gasteiger partial charge in [-0.3, -0.25) is 0 Å². The molecule has 0 radical (unpaired) electrons. The van der Waals surface area contributed by atoms with E-state index >= 15 is 0 Å². The first kappa shape index (κ1) is 19.5. The molecule has 0 aliphatic rings. The van der Waals surface area contributed by atoms with Gasteiger partial charge in [0.2, 0.25) is 0 Å². The number of aromatic amines is 1. The summed E-state index contributed by atoms with van der Waals surface area (Å²) in [6.45, 7) is 7.54. The van der Waals surface area contributed by atoms with Gasteiger partial charge in [-0.15, -0.1) is 10.2 Å². The zero-order chi connectivity index (χ0) is 20.1. The Morgan fingerprint density at radius 2 is 1.89 bits per heavy atom. The van der Waals surface area contributed by atoms with Gasteiger partial charge in [0.05, 0.1) is 0 Å². The normalized spacial score (nSPS) is 12.4. The number of hydrogen-bond donors (Lipinski definition) is 2. The van der Waals surface area contributed by atoms with Crippen LogP contribution in [0.15, 0.2) is 48.5 Å². The molecule has 2 aromatic carbocycles. The molecule has 1 amide bonds. The molecular weight excluding hydrogens is 354 g/mol. The topological polar surface area (TPSA) is 92.8 Å². The molecule has 1 unspecified atom stereocenters. The van der Waals surface area contributed by atoms with Gasteiger partial charge in [-0.25, -0.2) is 4.79 Å². The lowest BCUT2D eigenvalue weighted by atomic mass is 9.99. The van der Waals surface area contributed by atoms with Crippen LogP contribution in [-0.2, 0) is 11.2 Å². The van der Waals surface area contributed by atoms with Crippen LogP contribution in [0.25, 0.3) is 11.1 Å². The molecule has 3 aromatic rings. The molecule has 7 heteroatoms. The highest BCUT2D eigenvalue weighted by Gasteiger charge is 2.23. The molecule has 1 heterocycles. The molecule has 1 atom stereocenters. The molecule has 0 spiro atoms. The second kappa shape index (κ2) is 8.21. The van der Waals surface area contributed by atoms with Crippen LogP contribution < -0.4 is 5.32 Å². The van der Waals surface area contributed by atoms with Crippen molar-refractivity contribution >= 4 is 6.09 Å². The smallest absolute Gasteiger partial charge is 0.408 e. The molecule has 1 aromatic heterocycles. The number of carbonyl (C=O) groups is 1. The third kappa shape index (κ3) is 5.39. The lowest BCUT2D eigenvalue weighted by Gasteiger charge is -2.22. The van der Waals surface area contributed by atoms with Crippen molar-refractivity contribution in [3.05, 3.63) is 65.5 Å². The zero-order valence-corrected chi connectivity index (χ0v) is 16.6. The highest BCUT2D eigenvalue weighted by atomic mass is 16.6. The molecule has 3 rings (SSSR count). The first-order valence-electron chi connectivity index (χ1n) is 9.19. The molecule has 0 bridgehead atoms. The highest BCUT2D eigenvalue weighted by molar-refractivity contribution is 5.68. The van der Waals surface area contributed by atoms with E-state index in [9.17, 15) is 4.79 Å². The molecule has 2 N–H and O–H groups in total. The van der Waals surface area contributed by atoms with E-state index in [0.29, 0.717) is 12.2 Å². The second-order valence-electron chi connectivity index (χ2n) is 7.74. The maximum absolute atomic E-state index is 12.2. The number of alkyl carbamates (subject to hydrolysis) is 1. The summed E-state index contributed by atoms with van der Waals surface area (Å²) in [6, 6.07) is 16.2. The van der Waals surface area contributed by atoms with Crippen LogP contribution in [0.3, 0.4) is 0 Å². The Morgan fingerprint density at radius 3 is 2.50 bits per heavy atom. The van der Waals surface area contributed by atoms with E-state index < -0.39 is 17.7 Å². The summed E-state index contributed by atoms with van der Waals surface area (Å²) in [7, 11) is 0. The molecule has 146 valence electrons. The highest BCUT2D eigenvalue weighted by Crippen LogP contribution is 2.23. The third-order valence-electron chi connectivity index (χ3n) is 4.11. The molecule has 0 saturated heterocycles. The van der Waals surface area contributed by atoms with Gasteiger partial charge in [0.1, 0.15) is 11.6 Å². The molecule has 0 saturated carbocycles. The van der Waals surface area contributed by atoms with Crippen molar-refractivity contribution in [2.45, 2.75) is 45.8 Å². The summed E-state index contributed by atoms with van der Waals surface area (Å²) in [5.74, 6) is 0.411. The fourth-order valence-electron chi connectivity index (χ4n) is 2.87. The fraction of sp³-hybridized carbons (Fsp3) is 0.333. The van der Waals surface area contributed by atoms with E-state index in [1.54, 1.807) is 0 Å². The molecule has 0 aliphatic heterocycles. The summed E-state index contributed by atoms with van der Waals surface area (Å²) < 4.78 is 5.36. The summed E-state index contributed by atoms with van der Waals surface area (Å²) in [5.41, 5.74) is 4.00. The van der Waals surface area contributed by atoms with Crippen LogP contribution >= 0.6 is 0 Å². The number of tetrazole rings is 1. The Labute approximate surface area is 164 Å². The van der Waals surface area contributed by atoms with Gasteiger partial charge in [0.25, 0.3) is 0 Å². The van der Waals surface area contributed by atoms with Gasteiger partial charge < -0.3 is 10.1 Å². The van der Waals surface area contributed by atoms with Crippen molar-refractivity contribution in [3.63, 3.8) is 0 Å². The number of H-pyrrole nitrogens is 1. The number of benzene rings is 2. The van der Waals surface area contributed by atoms with Crippen molar-refractivity contribution in [2.75, 3.05) is 0 Å². The Kier molecular flexibility index (Phi) is 5.73. The minimum Gasteiger partial charge on any atom is -0.444 e. The molecule has 0 fully saturated rings. The van der Waals surface area contributed by atoms with Crippen molar-refractivity contribution < 1.29 is 9.53 Å². The third-order valence-corrected chi connectivity index (χ3v) is 4.11. The SMILES string of the molecule is Cc1cccc(-c2ccc(CC(NC(=O)OC(C)(C)C)c3nn[nH]n3)cc2)c1. The van der Waals surface area contributed by atoms with E-state index in [0.717, 1.165) is 11.1 Å². The van der Waals surface area contributed by atoms with Crippen LogP contribution in [-0.4, -0.2) is 32.3 Å². The van der Waals surface area contributed by atoms with E-state index in [-0.39, 0.29) is 0 Å². The van der Waals surface area contributed by atoms with Crippen LogP contribution in [0.1, 0.15) is 43.8 Å². The van der Waals surface area contributed by atoms with E-state index in [1.807, 2.05) is 32.9 Å². The monoisotopic (exact) mass is 379 g/mol. The van der Waals surface area contributed by atoms with Crippen molar-refractivity contribution in [1.82, 2.24) is 25.9 Å². The maximum atomic E-state index is 12.2. The van der Waals surface area contributed by atoms with Crippen molar-refractivity contribution in [3.8, 4) is 11.1 Å². The van der Waals surface area contributed by atoms with Gasteiger partial charge >= 0.3 is 6.09 Å². The molecule has 7 nitrogen and oxygen atoms in total. The number of rotatable bonds is 5. The number of amides is 1. The lowest BCUT2D eigenvalue weighted by Crippen LogP contribution is -2.36. The minimum atomic E-state index is -0.582. The van der Waals surface area contributed by atoms with E-state index in [1.165, 1.54) is 11.1 Å². The van der Waals surface area contributed by atoms with Crippen molar-refractivity contribution in [2.24, 2.45) is 0 Å². The zero-order valence-electron chi connectivity index (χ0n) is 16.6. The van der Waals surface area contributed by atoms with Gasteiger partial charge in [-0.05, 0) is 44.4 Å². The number of aromatic nitrogens is 4. The summed E-state index contributed by atoms with van der Waals surface area (Å²) in [5, 5.41) is 16.9. The van der Waals surface area contributed by atoms with Crippen LogP contribution in [0.2, 0.25) is 0 Å². The maximum Gasteiger partial charge on any atom is 0.408 e. The predicted octanol–water partition coefficient (Wildman–Crippen LogP) is 3.98. The Hall–Kier alpha value is -3.22. The predicted molar refractivity (Wildman–Crippen MR) is 107 cm³/mol. The van der Waals surface area contributed by atoms with Crippen molar-refractivity contribution in [1.29, 1.82) is 0 Å². The number of hydrogen-bond acceptors (Lipinski definition) is 5. The number of nitrogens with one attached hydrogen (secondary N) is 2. The first-order chi connectivity index (χ1) is 13.3.